The molecule has 0 radical (unpaired) electrons. The van der Waals surface area contributed by atoms with Crippen LogP contribution in [0.5, 0.6) is 0 Å². The van der Waals surface area contributed by atoms with Gasteiger partial charge >= 0.3 is 0 Å². The van der Waals surface area contributed by atoms with E-state index in [1.54, 1.807) is 0 Å². The van der Waals surface area contributed by atoms with Crippen molar-refractivity contribution >= 4 is 14.6 Å². The van der Waals surface area contributed by atoms with E-state index in [1.165, 1.54) is 0 Å². The topological polar surface area (TPSA) is 26.3 Å². The lowest BCUT2D eigenvalue weighted by Gasteiger charge is -2.36. The highest BCUT2D eigenvalue weighted by Gasteiger charge is 2.42. The summed E-state index contributed by atoms with van der Waals surface area (Å²) in [7, 11) is -1.59. The summed E-state index contributed by atoms with van der Waals surface area (Å²) in [6.07, 6.45) is 2.11. The average molecular weight is 214 g/mol. The molecule has 1 aliphatic rings. The van der Waals surface area contributed by atoms with Crippen molar-refractivity contribution in [3.05, 3.63) is 0 Å². The number of rotatable bonds is 4. The van der Waals surface area contributed by atoms with Crippen LogP contribution in [0.3, 0.4) is 0 Å². The summed E-state index contributed by atoms with van der Waals surface area (Å²) in [6, 6.07) is 0. The van der Waals surface area contributed by atoms with E-state index in [-0.39, 0.29) is 5.04 Å². The molecule has 3 heteroatoms. The Labute approximate surface area is 88.2 Å². The highest BCUT2D eigenvalue weighted by Crippen LogP contribution is 2.41. The van der Waals surface area contributed by atoms with Gasteiger partial charge in [0.25, 0.3) is 0 Å². The van der Waals surface area contributed by atoms with Gasteiger partial charge in [0.2, 0.25) is 0 Å². The first-order valence-corrected chi connectivity index (χ1v) is 8.28. The zero-order valence-corrected chi connectivity index (χ0v) is 11.0. The third-order valence-electron chi connectivity index (χ3n) is 3.62. The molecule has 0 bridgehead atoms. The van der Waals surface area contributed by atoms with E-state index in [0.29, 0.717) is 11.8 Å². The van der Waals surface area contributed by atoms with Crippen LogP contribution in [0.25, 0.3) is 0 Å². The summed E-state index contributed by atoms with van der Waals surface area (Å²) in [4.78, 5) is 10.5. The fourth-order valence-corrected chi connectivity index (χ4v) is 2.22. The smallest absolute Gasteiger partial charge is 0.191 e. The lowest BCUT2D eigenvalue weighted by Crippen LogP contribution is -2.41. The molecule has 0 saturated heterocycles. The van der Waals surface area contributed by atoms with Crippen LogP contribution >= 0.6 is 0 Å². The summed E-state index contributed by atoms with van der Waals surface area (Å²) in [5.74, 6) is 0.807. The summed E-state index contributed by atoms with van der Waals surface area (Å²) in [5, 5.41) is 0.276. The van der Waals surface area contributed by atoms with Gasteiger partial charge in [-0.3, -0.25) is 0 Å². The van der Waals surface area contributed by atoms with Gasteiger partial charge in [0.15, 0.2) is 8.32 Å². The van der Waals surface area contributed by atoms with Crippen molar-refractivity contribution in [2.45, 2.75) is 45.3 Å². The normalized spacial score (nSPS) is 27.5. The van der Waals surface area contributed by atoms with Crippen molar-refractivity contribution in [3.8, 4) is 0 Å². The van der Waals surface area contributed by atoms with Crippen LogP contribution in [-0.4, -0.2) is 21.2 Å². The van der Waals surface area contributed by atoms with Gasteiger partial charge in [-0.15, -0.1) is 0 Å². The second kappa shape index (κ2) is 3.78. The Bertz CT molecular complexity index is 218. The largest absolute Gasteiger partial charge is 0.417 e. The summed E-state index contributed by atoms with van der Waals surface area (Å²) < 4.78 is 6.03. The van der Waals surface area contributed by atoms with Gasteiger partial charge in [-0.1, -0.05) is 20.8 Å². The molecule has 0 aromatic rings. The van der Waals surface area contributed by atoms with Crippen molar-refractivity contribution < 1.29 is 9.22 Å². The molecule has 0 N–H and O–H groups in total. The van der Waals surface area contributed by atoms with Crippen LogP contribution in [0, 0.1) is 11.8 Å². The monoisotopic (exact) mass is 214 g/mol. The lowest BCUT2D eigenvalue weighted by atomic mass is 10.2. The maximum atomic E-state index is 10.5. The molecule has 2 atom stereocenters. The predicted octanol–water partition coefficient (Wildman–Crippen LogP) is 2.84. The van der Waals surface area contributed by atoms with Crippen LogP contribution in [0.4, 0.5) is 0 Å². The van der Waals surface area contributed by atoms with E-state index in [2.05, 4.69) is 33.9 Å². The maximum absolute atomic E-state index is 10.5. The van der Waals surface area contributed by atoms with Gasteiger partial charge in [-0.2, -0.15) is 0 Å². The van der Waals surface area contributed by atoms with E-state index < -0.39 is 8.32 Å². The molecule has 2 nitrogen and oxygen atoms in total. The molecule has 1 fully saturated rings. The van der Waals surface area contributed by atoms with Gasteiger partial charge < -0.3 is 9.22 Å². The Morgan fingerprint density at radius 3 is 2.36 bits per heavy atom. The van der Waals surface area contributed by atoms with Crippen LogP contribution in [0.2, 0.25) is 18.1 Å². The highest BCUT2D eigenvalue weighted by molar-refractivity contribution is 6.74. The van der Waals surface area contributed by atoms with Crippen LogP contribution < -0.4 is 0 Å². The van der Waals surface area contributed by atoms with Gasteiger partial charge in [-0.25, -0.2) is 0 Å². The van der Waals surface area contributed by atoms with Crippen molar-refractivity contribution in [3.63, 3.8) is 0 Å². The molecule has 0 amide bonds. The Hall–Kier alpha value is -0.153. The molecular weight excluding hydrogens is 192 g/mol. The average Bonchev–Trinajstić information content (AvgIpc) is 2.77. The van der Waals surface area contributed by atoms with Crippen molar-refractivity contribution in [1.82, 2.24) is 0 Å². The third kappa shape index (κ3) is 2.67. The minimum absolute atomic E-state index is 0.276. The Morgan fingerprint density at radius 1 is 1.43 bits per heavy atom. The van der Waals surface area contributed by atoms with Gasteiger partial charge in [-0.05, 0) is 30.5 Å². The van der Waals surface area contributed by atoms with E-state index >= 15 is 0 Å². The van der Waals surface area contributed by atoms with E-state index in [0.717, 1.165) is 19.3 Å². The van der Waals surface area contributed by atoms with Crippen LogP contribution in [-0.2, 0) is 9.22 Å². The highest BCUT2D eigenvalue weighted by atomic mass is 28.4. The number of hydrogen-bond acceptors (Lipinski definition) is 2. The van der Waals surface area contributed by atoms with Crippen LogP contribution in [0.1, 0.15) is 27.2 Å². The van der Waals surface area contributed by atoms with Gasteiger partial charge in [0.05, 0.1) is 0 Å². The first-order chi connectivity index (χ1) is 6.28. The molecule has 0 aromatic carbocycles. The molecule has 1 aliphatic carbocycles. The minimum Gasteiger partial charge on any atom is -0.417 e. The second-order valence-corrected chi connectivity index (χ2v) is 10.7. The van der Waals surface area contributed by atoms with E-state index in [1.807, 2.05) is 0 Å². The van der Waals surface area contributed by atoms with Crippen molar-refractivity contribution in [1.29, 1.82) is 0 Å². The summed E-state index contributed by atoms with van der Waals surface area (Å²) in [6.45, 7) is 12.0. The lowest BCUT2D eigenvalue weighted by molar-refractivity contribution is -0.109. The van der Waals surface area contributed by atoms with Gasteiger partial charge in [0, 0.05) is 12.5 Å². The maximum Gasteiger partial charge on any atom is 0.191 e. The number of hydrogen-bond donors (Lipinski definition) is 0. The zero-order valence-electron chi connectivity index (χ0n) is 9.96. The van der Waals surface area contributed by atoms with Crippen LogP contribution in [0.15, 0.2) is 0 Å². The first kappa shape index (κ1) is 11.9. The Kier molecular flexibility index (Phi) is 3.22. The molecule has 82 valence electrons. The Balaban J connectivity index is 2.34. The first-order valence-electron chi connectivity index (χ1n) is 5.37. The minimum atomic E-state index is -1.59. The summed E-state index contributed by atoms with van der Waals surface area (Å²) >= 11 is 0. The van der Waals surface area contributed by atoms with Crippen molar-refractivity contribution in [2.24, 2.45) is 11.8 Å². The quantitative estimate of drug-likeness (QED) is 0.531. The van der Waals surface area contributed by atoms with E-state index in [9.17, 15) is 4.79 Å². The molecule has 1 rings (SSSR count). The molecule has 0 heterocycles. The zero-order chi connectivity index (χ0) is 11.0. The number of carbonyl (C=O) groups excluding carboxylic acids is 1. The van der Waals surface area contributed by atoms with E-state index in [4.69, 9.17) is 4.43 Å². The SMILES string of the molecule is CC(C)(C)[Si](C)(C)OC[C@H]1C[C@@H]1C=O. The second-order valence-electron chi connectivity index (χ2n) is 5.87. The molecule has 0 unspecified atom stereocenters. The molecule has 14 heavy (non-hydrogen) atoms. The molecule has 0 aliphatic heterocycles. The fraction of sp³-hybridized carbons (Fsp3) is 0.909. The summed E-state index contributed by atoms with van der Waals surface area (Å²) in [5.41, 5.74) is 0. The molecular formula is C11H22O2Si. The fourth-order valence-electron chi connectivity index (χ4n) is 1.16. The van der Waals surface area contributed by atoms with Gasteiger partial charge in [0.1, 0.15) is 6.29 Å². The van der Waals surface area contributed by atoms with Crippen molar-refractivity contribution in [2.75, 3.05) is 6.61 Å². The Morgan fingerprint density at radius 2 is 2.00 bits per heavy atom. The predicted molar refractivity (Wildman–Crippen MR) is 60.8 cm³/mol. The third-order valence-corrected chi connectivity index (χ3v) is 8.12. The standard InChI is InChI=1S/C11H22O2Si/c1-11(2,3)14(4,5)13-8-10-6-9(10)7-12/h7,9-10H,6,8H2,1-5H3/t9-,10-/m1/s1. The number of aldehydes is 1. The number of carbonyl (C=O) groups is 1. The molecule has 1 saturated carbocycles. The molecule has 0 spiro atoms. The molecule has 0 aromatic heterocycles.